The van der Waals surface area contributed by atoms with E-state index in [-0.39, 0.29) is 5.78 Å². The molecular weight excluding hydrogens is 386 g/mol. The van der Waals surface area contributed by atoms with Gasteiger partial charge in [-0.05, 0) is 32.0 Å². The molecule has 4 heteroatoms. The Balaban J connectivity index is 1.68. The van der Waals surface area contributed by atoms with Crippen LogP contribution in [-0.4, -0.2) is 16.3 Å². The molecule has 3 aromatic carbocycles. The number of esters is 1. The van der Waals surface area contributed by atoms with E-state index in [2.05, 4.69) is 0 Å². The van der Waals surface area contributed by atoms with Gasteiger partial charge in [0.15, 0.2) is 6.10 Å². The number of nitrogens with zero attached hydrogens (tertiary/aromatic N) is 1. The number of carbonyl (C=O) groups excluding carboxylic acids is 2. The predicted molar refractivity (Wildman–Crippen MR) is 121 cm³/mol. The maximum absolute atomic E-state index is 13.2. The second-order valence-electron chi connectivity index (χ2n) is 7.38. The number of benzene rings is 3. The molecule has 4 nitrogen and oxygen atoms in total. The number of ether oxygens (including phenoxy) is 1. The first-order chi connectivity index (χ1) is 15.1. The first kappa shape index (κ1) is 20.4. The summed E-state index contributed by atoms with van der Waals surface area (Å²) in [6.07, 6.45) is -1.02. The molecule has 0 fully saturated rings. The number of Topliss-reactive ketones (excluding diaryl/α,β-unsaturated/α-hetero) is 1. The lowest BCUT2D eigenvalue weighted by molar-refractivity contribution is 0.0279. The average molecular weight is 409 g/mol. The molecule has 4 aromatic rings. The van der Waals surface area contributed by atoms with Crippen molar-refractivity contribution < 1.29 is 14.3 Å². The highest BCUT2D eigenvalue weighted by Crippen LogP contribution is 2.27. The Bertz CT molecular complexity index is 1200. The summed E-state index contributed by atoms with van der Waals surface area (Å²) in [5.41, 5.74) is 4.24. The number of aryl methyl sites for hydroxylation is 1. The fraction of sp³-hybridized carbons (Fsp3) is 0.111. The zero-order valence-electron chi connectivity index (χ0n) is 17.5. The number of ketones is 1. The van der Waals surface area contributed by atoms with Gasteiger partial charge in [-0.1, -0.05) is 78.9 Å². The van der Waals surface area contributed by atoms with Gasteiger partial charge < -0.3 is 9.30 Å². The standard InChI is InChI=1S/C27H23NO3/c1-19-18-24(20(2)28(19)23-16-10-5-11-17-23)27(30)31-26(22-14-8-4-9-15-22)25(29)21-12-6-3-7-13-21/h3-18,26H,1-2H3. The van der Waals surface area contributed by atoms with Crippen molar-refractivity contribution in [3.05, 3.63) is 125 Å². The zero-order valence-corrected chi connectivity index (χ0v) is 17.5. The molecule has 1 aromatic heterocycles. The van der Waals surface area contributed by atoms with Gasteiger partial charge in [0, 0.05) is 28.2 Å². The number of carbonyl (C=O) groups is 2. The summed E-state index contributed by atoms with van der Waals surface area (Å²) in [6.45, 7) is 3.83. The number of para-hydroxylation sites is 1. The summed E-state index contributed by atoms with van der Waals surface area (Å²) in [5, 5.41) is 0. The van der Waals surface area contributed by atoms with Gasteiger partial charge >= 0.3 is 5.97 Å². The molecule has 1 unspecified atom stereocenters. The van der Waals surface area contributed by atoms with Crippen LogP contribution in [0.15, 0.2) is 97.1 Å². The van der Waals surface area contributed by atoms with Crippen LogP contribution in [0.2, 0.25) is 0 Å². The van der Waals surface area contributed by atoms with Crippen LogP contribution in [0.1, 0.15) is 43.8 Å². The highest BCUT2D eigenvalue weighted by molar-refractivity contribution is 6.02. The molecular formula is C27H23NO3. The van der Waals surface area contributed by atoms with Crippen molar-refractivity contribution in [3.63, 3.8) is 0 Å². The predicted octanol–water partition coefficient (Wildman–Crippen LogP) is 5.88. The third-order valence-corrected chi connectivity index (χ3v) is 5.29. The van der Waals surface area contributed by atoms with Crippen LogP contribution in [0.25, 0.3) is 5.69 Å². The van der Waals surface area contributed by atoms with Crippen LogP contribution in [0.5, 0.6) is 0 Å². The fourth-order valence-corrected chi connectivity index (χ4v) is 3.77. The minimum atomic E-state index is -1.02. The van der Waals surface area contributed by atoms with Crippen LogP contribution in [0.4, 0.5) is 0 Å². The van der Waals surface area contributed by atoms with Crippen molar-refractivity contribution in [2.45, 2.75) is 20.0 Å². The molecule has 154 valence electrons. The monoisotopic (exact) mass is 409 g/mol. The van der Waals surface area contributed by atoms with Crippen LogP contribution >= 0.6 is 0 Å². The minimum Gasteiger partial charge on any atom is -0.445 e. The normalized spacial score (nSPS) is 11.7. The van der Waals surface area contributed by atoms with Crippen molar-refractivity contribution in [2.24, 2.45) is 0 Å². The lowest BCUT2D eigenvalue weighted by Crippen LogP contribution is -2.20. The molecule has 31 heavy (non-hydrogen) atoms. The largest absolute Gasteiger partial charge is 0.445 e. The number of rotatable bonds is 6. The second-order valence-corrected chi connectivity index (χ2v) is 7.38. The Kier molecular flexibility index (Phi) is 5.80. The number of hydrogen-bond donors (Lipinski definition) is 0. The third kappa shape index (κ3) is 4.19. The van der Waals surface area contributed by atoms with Crippen molar-refractivity contribution in [1.82, 2.24) is 4.57 Å². The van der Waals surface area contributed by atoms with Gasteiger partial charge in [-0.25, -0.2) is 4.79 Å². The molecule has 0 aliphatic heterocycles. The molecule has 0 bridgehead atoms. The van der Waals surface area contributed by atoms with Crippen molar-refractivity contribution in [2.75, 3.05) is 0 Å². The van der Waals surface area contributed by atoms with Crippen molar-refractivity contribution in [3.8, 4) is 5.69 Å². The van der Waals surface area contributed by atoms with Gasteiger partial charge in [-0.3, -0.25) is 4.79 Å². The minimum absolute atomic E-state index is 0.253. The molecule has 1 heterocycles. The summed E-state index contributed by atoms with van der Waals surface area (Å²) in [5.74, 6) is -0.773. The Morgan fingerprint density at radius 1 is 0.774 bits per heavy atom. The average Bonchev–Trinajstić information content (AvgIpc) is 3.12. The lowest BCUT2D eigenvalue weighted by atomic mass is 10.00. The van der Waals surface area contributed by atoms with Crippen LogP contribution in [0.3, 0.4) is 0 Å². The summed E-state index contributed by atoms with van der Waals surface area (Å²) < 4.78 is 7.83. The summed E-state index contributed by atoms with van der Waals surface area (Å²) in [7, 11) is 0. The molecule has 0 amide bonds. The Morgan fingerprint density at radius 3 is 1.94 bits per heavy atom. The molecule has 0 aliphatic rings. The topological polar surface area (TPSA) is 48.3 Å². The smallest absolute Gasteiger partial charge is 0.341 e. The van der Waals surface area contributed by atoms with E-state index in [0.717, 1.165) is 17.1 Å². The first-order valence-corrected chi connectivity index (χ1v) is 10.2. The molecule has 0 aliphatic carbocycles. The van der Waals surface area contributed by atoms with Crippen molar-refractivity contribution >= 4 is 11.8 Å². The molecule has 0 spiro atoms. The van der Waals surface area contributed by atoms with Gasteiger partial charge in [-0.15, -0.1) is 0 Å². The first-order valence-electron chi connectivity index (χ1n) is 10.2. The summed E-state index contributed by atoms with van der Waals surface area (Å²) in [6, 6.07) is 29.7. The number of aromatic nitrogens is 1. The van der Waals surface area contributed by atoms with E-state index in [1.807, 2.05) is 73.0 Å². The maximum Gasteiger partial charge on any atom is 0.341 e. The molecule has 0 saturated heterocycles. The highest BCUT2D eigenvalue weighted by atomic mass is 16.5. The number of hydrogen-bond acceptors (Lipinski definition) is 3. The van der Waals surface area contributed by atoms with Gasteiger partial charge in [0.05, 0.1) is 5.56 Å². The van der Waals surface area contributed by atoms with Crippen LogP contribution < -0.4 is 0 Å². The van der Waals surface area contributed by atoms with Crippen molar-refractivity contribution in [1.29, 1.82) is 0 Å². The van der Waals surface area contributed by atoms with Gasteiger partial charge in [0.2, 0.25) is 5.78 Å². The zero-order chi connectivity index (χ0) is 21.8. The SMILES string of the molecule is Cc1cc(C(=O)OC(C(=O)c2ccccc2)c2ccccc2)c(C)n1-c1ccccc1. The molecule has 1 atom stereocenters. The van der Waals surface area contributed by atoms with E-state index >= 15 is 0 Å². The van der Waals surface area contributed by atoms with Gasteiger partial charge in [-0.2, -0.15) is 0 Å². The summed E-state index contributed by atoms with van der Waals surface area (Å²) >= 11 is 0. The summed E-state index contributed by atoms with van der Waals surface area (Å²) in [4.78, 5) is 26.4. The lowest BCUT2D eigenvalue weighted by Gasteiger charge is -2.18. The third-order valence-electron chi connectivity index (χ3n) is 5.29. The van der Waals surface area contributed by atoms with Crippen LogP contribution in [0, 0.1) is 13.8 Å². The Labute approximate surface area is 181 Å². The fourth-order valence-electron chi connectivity index (χ4n) is 3.77. The van der Waals surface area contributed by atoms with Gasteiger partial charge in [0.1, 0.15) is 0 Å². The molecule has 0 saturated carbocycles. The van der Waals surface area contributed by atoms with E-state index in [1.165, 1.54) is 0 Å². The maximum atomic E-state index is 13.2. The van der Waals surface area contributed by atoms with E-state index in [4.69, 9.17) is 4.74 Å². The van der Waals surface area contributed by atoms with E-state index in [0.29, 0.717) is 16.7 Å². The van der Waals surface area contributed by atoms with Crippen LogP contribution in [-0.2, 0) is 4.74 Å². The highest BCUT2D eigenvalue weighted by Gasteiger charge is 2.28. The van der Waals surface area contributed by atoms with E-state index < -0.39 is 12.1 Å². The quantitative estimate of drug-likeness (QED) is 0.295. The van der Waals surface area contributed by atoms with E-state index in [9.17, 15) is 9.59 Å². The van der Waals surface area contributed by atoms with E-state index in [1.54, 1.807) is 42.5 Å². The second kappa shape index (κ2) is 8.84. The Hall–Kier alpha value is -3.92. The molecule has 4 rings (SSSR count). The molecule has 0 N–H and O–H groups in total. The Morgan fingerprint density at radius 2 is 1.32 bits per heavy atom. The van der Waals surface area contributed by atoms with Gasteiger partial charge in [0.25, 0.3) is 0 Å². The molecule has 0 radical (unpaired) electrons.